The van der Waals surface area contributed by atoms with E-state index in [2.05, 4.69) is 10.4 Å². The van der Waals surface area contributed by atoms with Gasteiger partial charge in [0.15, 0.2) is 0 Å². The highest BCUT2D eigenvalue weighted by Gasteiger charge is 2.33. The first kappa shape index (κ1) is 14.4. The highest BCUT2D eigenvalue weighted by molar-refractivity contribution is 5.83. The van der Waals surface area contributed by atoms with Crippen LogP contribution in [0.4, 0.5) is 4.79 Å². The normalized spacial score (nSPS) is 18.3. The number of carbonyl (C=O) groups is 2. The van der Waals surface area contributed by atoms with Gasteiger partial charge in [-0.3, -0.25) is 4.68 Å². The quantitative estimate of drug-likeness (QED) is 0.851. The summed E-state index contributed by atoms with van der Waals surface area (Å²) < 4.78 is 1.72. The minimum Gasteiger partial charge on any atom is -0.480 e. The molecule has 2 amide bonds. The standard InChI is InChI=1S/C13H20N4O3/c1-3-10-9(8-16(2)15-10)7-14-13(20)17-6-4-5-11(17)12(18)19/h8,11H,3-7H2,1-2H3,(H,14,20)(H,18,19). The summed E-state index contributed by atoms with van der Waals surface area (Å²) in [6.45, 7) is 2.88. The Morgan fingerprint density at radius 2 is 2.30 bits per heavy atom. The molecule has 1 aromatic rings. The van der Waals surface area contributed by atoms with Crippen molar-refractivity contribution in [3.63, 3.8) is 0 Å². The lowest BCUT2D eigenvalue weighted by atomic mass is 10.2. The van der Waals surface area contributed by atoms with Crippen LogP contribution in [0.15, 0.2) is 6.20 Å². The predicted molar refractivity (Wildman–Crippen MR) is 72.2 cm³/mol. The number of carboxylic acid groups (broad SMARTS) is 1. The third kappa shape index (κ3) is 2.92. The van der Waals surface area contributed by atoms with Crippen molar-refractivity contribution in [2.24, 2.45) is 7.05 Å². The van der Waals surface area contributed by atoms with Crippen LogP contribution in [0.1, 0.15) is 31.0 Å². The van der Waals surface area contributed by atoms with E-state index in [0.717, 1.165) is 24.1 Å². The van der Waals surface area contributed by atoms with Gasteiger partial charge in [0.1, 0.15) is 6.04 Å². The molecule has 0 saturated carbocycles. The van der Waals surface area contributed by atoms with Crippen LogP contribution in [0.3, 0.4) is 0 Å². The summed E-state index contributed by atoms with van der Waals surface area (Å²) >= 11 is 0. The second kappa shape index (κ2) is 5.94. The van der Waals surface area contributed by atoms with E-state index in [0.29, 0.717) is 19.5 Å². The minimum atomic E-state index is -0.937. The predicted octanol–water partition coefficient (Wildman–Crippen LogP) is 0.741. The van der Waals surface area contributed by atoms with Gasteiger partial charge in [-0.2, -0.15) is 5.10 Å². The first-order valence-electron chi connectivity index (χ1n) is 6.81. The van der Waals surface area contributed by atoms with Crippen LogP contribution in [0.25, 0.3) is 0 Å². The van der Waals surface area contributed by atoms with Crippen molar-refractivity contribution in [3.8, 4) is 0 Å². The smallest absolute Gasteiger partial charge is 0.326 e. The van der Waals surface area contributed by atoms with Gasteiger partial charge in [-0.15, -0.1) is 0 Å². The molecule has 20 heavy (non-hydrogen) atoms. The average molecular weight is 280 g/mol. The van der Waals surface area contributed by atoms with Gasteiger partial charge < -0.3 is 15.3 Å². The number of hydrogen-bond acceptors (Lipinski definition) is 3. The Bertz CT molecular complexity index is 512. The fourth-order valence-corrected chi connectivity index (χ4v) is 2.57. The van der Waals surface area contributed by atoms with Crippen LogP contribution in [-0.4, -0.2) is 44.4 Å². The number of amides is 2. The first-order valence-corrected chi connectivity index (χ1v) is 6.81. The van der Waals surface area contributed by atoms with Crippen LogP contribution >= 0.6 is 0 Å². The third-order valence-electron chi connectivity index (χ3n) is 3.56. The Balaban J connectivity index is 1.96. The summed E-state index contributed by atoms with van der Waals surface area (Å²) in [7, 11) is 1.84. The first-order chi connectivity index (χ1) is 9.52. The fourth-order valence-electron chi connectivity index (χ4n) is 2.57. The highest BCUT2D eigenvalue weighted by Crippen LogP contribution is 2.17. The number of rotatable bonds is 4. The molecule has 0 aromatic carbocycles. The molecule has 1 aromatic heterocycles. The minimum absolute atomic E-state index is 0.319. The Morgan fingerprint density at radius 1 is 1.55 bits per heavy atom. The lowest BCUT2D eigenvalue weighted by molar-refractivity contribution is -0.141. The molecule has 7 heteroatoms. The molecule has 0 radical (unpaired) electrons. The second-order valence-electron chi connectivity index (χ2n) is 4.98. The van der Waals surface area contributed by atoms with Crippen molar-refractivity contribution >= 4 is 12.0 Å². The Hall–Kier alpha value is -2.05. The summed E-state index contributed by atoms with van der Waals surface area (Å²) in [5.74, 6) is -0.937. The molecule has 110 valence electrons. The Morgan fingerprint density at radius 3 is 2.95 bits per heavy atom. The van der Waals surface area contributed by atoms with E-state index in [1.807, 2.05) is 20.2 Å². The Kier molecular flexibility index (Phi) is 4.26. The number of urea groups is 1. The van der Waals surface area contributed by atoms with Crippen molar-refractivity contribution in [3.05, 3.63) is 17.5 Å². The van der Waals surface area contributed by atoms with Gasteiger partial charge >= 0.3 is 12.0 Å². The number of aromatic nitrogens is 2. The number of nitrogens with zero attached hydrogens (tertiary/aromatic N) is 3. The molecule has 2 heterocycles. The molecular weight excluding hydrogens is 260 g/mol. The number of carbonyl (C=O) groups excluding carboxylic acids is 1. The third-order valence-corrected chi connectivity index (χ3v) is 3.56. The van der Waals surface area contributed by atoms with Crippen LogP contribution in [0.2, 0.25) is 0 Å². The number of carboxylic acids is 1. The van der Waals surface area contributed by atoms with E-state index >= 15 is 0 Å². The molecule has 1 saturated heterocycles. The van der Waals surface area contributed by atoms with E-state index in [4.69, 9.17) is 5.11 Å². The van der Waals surface area contributed by atoms with Crippen LogP contribution in [0.5, 0.6) is 0 Å². The van der Waals surface area contributed by atoms with Gasteiger partial charge in [-0.1, -0.05) is 6.92 Å². The van der Waals surface area contributed by atoms with Gasteiger partial charge in [0, 0.05) is 31.9 Å². The zero-order chi connectivity index (χ0) is 14.7. The topological polar surface area (TPSA) is 87.5 Å². The van der Waals surface area contributed by atoms with E-state index in [9.17, 15) is 9.59 Å². The fraction of sp³-hybridized carbons (Fsp3) is 0.615. The number of likely N-dealkylation sites (tertiary alicyclic amines) is 1. The molecular formula is C13H20N4O3. The number of aliphatic carboxylic acids is 1. The summed E-state index contributed by atoms with van der Waals surface area (Å²) in [5.41, 5.74) is 1.92. The largest absolute Gasteiger partial charge is 0.480 e. The molecule has 1 aliphatic rings. The van der Waals surface area contributed by atoms with Gasteiger partial charge in [0.2, 0.25) is 0 Å². The summed E-state index contributed by atoms with van der Waals surface area (Å²) in [4.78, 5) is 24.5. The molecule has 7 nitrogen and oxygen atoms in total. The SMILES string of the molecule is CCc1nn(C)cc1CNC(=O)N1CCCC1C(=O)O. The van der Waals surface area contributed by atoms with Crippen LogP contribution < -0.4 is 5.32 Å². The van der Waals surface area contributed by atoms with E-state index in [1.165, 1.54) is 4.90 Å². The van der Waals surface area contributed by atoms with Gasteiger partial charge in [0.25, 0.3) is 0 Å². The maximum Gasteiger partial charge on any atom is 0.326 e. The second-order valence-corrected chi connectivity index (χ2v) is 4.98. The molecule has 0 spiro atoms. The number of hydrogen-bond donors (Lipinski definition) is 2. The molecule has 0 aliphatic carbocycles. The van der Waals surface area contributed by atoms with Crippen molar-refractivity contribution in [1.29, 1.82) is 0 Å². The van der Waals surface area contributed by atoms with Crippen molar-refractivity contribution in [2.45, 2.75) is 38.8 Å². The van der Waals surface area contributed by atoms with Crippen LogP contribution in [0, 0.1) is 0 Å². The molecule has 2 N–H and O–H groups in total. The van der Waals surface area contributed by atoms with E-state index < -0.39 is 12.0 Å². The lowest BCUT2D eigenvalue weighted by Gasteiger charge is -2.21. The number of nitrogens with one attached hydrogen (secondary N) is 1. The summed E-state index contributed by atoms with van der Waals surface area (Å²) in [5, 5.41) is 16.2. The van der Waals surface area contributed by atoms with Crippen molar-refractivity contribution in [1.82, 2.24) is 20.0 Å². The monoisotopic (exact) mass is 280 g/mol. The average Bonchev–Trinajstić information content (AvgIpc) is 3.01. The molecule has 1 unspecified atom stereocenters. The van der Waals surface area contributed by atoms with Gasteiger partial charge in [0.05, 0.1) is 5.69 Å². The zero-order valence-corrected chi connectivity index (χ0v) is 11.8. The van der Waals surface area contributed by atoms with Gasteiger partial charge in [-0.25, -0.2) is 9.59 Å². The van der Waals surface area contributed by atoms with Crippen molar-refractivity contribution < 1.29 is 14.7 Å². The summed E-state index contributed by atoms with van der Waals surface area (Å²) in [6, 6.07) is -1.02. The highest BCUT2D eigenvalue weighted by atomic mass is 16.4. The molecule has 1 fully saturated rings. The van der Waals surface area contributed by atoms with E-state index in [-0.39, 0.29) is 6.03 Å². The maximum atomic E-state index is 12.1. The molecule has 0 bridgehead atoms. The lowest BCUT2D eigenvalue weighted by Crippen LogP contribution is -2.45. The molecule has 1 aliphatic heterocycles. The van der Waals surface area contributed by atoms with Crippen LogP contribution in [-0.2, 0) is 24.8 Å². The Labute approximate surface area is 117 Å². The molecule has 1 atom stereocenters. The molecule has 2 rings (SSSR count). The number of aryl methyl sites for hydroxylation is 2. The zero-order valence-electron chi connectivity index (χ0n) is 11.8. The summed E-state index contributed by atoms with van der Waals surface area (Å²) in [6.07, 6.45) is 3.93. The van der Waals surface area contributed by atoms with Gasteiger partial charge in [-0.05, 0) is 19.3 Å². The van der Waals surface area contributed by atoms with Crippen molar-refractivity contribution in [2.75, 3.05) is 6.54 Å². The van der Waals surface area contributed by atoms with E-state index in [1.54, 1.807) is 4.68 Å². The maximum absolute atomic E-state index is 12.1.